The minimum Gasteiger partial charge on any atom is -0.323 e. The van der Waals surface area contributed by atoms with E-state index in [1.165, 1.54) is 5.56 Å². The molecule has 120 valence electrons. The highest BCUT2D eigenvalue weighted by molar-refractivity contribution is 9.10. The Morgan fingerprint density at radius 1 is 1.08 bits per heavy atom. The van der Waals surface area contributed by atoms with Gasteiger partial charge in [-0.05, 0) is 51.7 Å². The van der Waals surface area contributed by atoms with Gasteiger partial charge in [-0.25, -0.2) is 0 Å². The zero-order valence-electron chi connectivity index (χ0n) is 13.1. The van der Waals surface area contributed by atoms with Gasteiger partial charge in [0.2, 0.25) is 5.95 Å². The van der Waals surface area contributed by atoms with Gasteiger partial charge in [0.25, 0.3) is 0 Å². The number of hydrogen-bond acceptors (Lipinski definition) is 4. The third-order valence-electron chi connectivity index (χ3n) is 4.21. The molecule has 1 aliphatic heterocycles. The van der Waals surface area contributed by atoms with E-state index in [9.17, 15) is 0 Å². The highest BCUT2D eigenvalue weighted by Crippen LogP contribution is 2.32. The van der Waals surface area contributed by atoms with Crippen molar-refractivity contribution in [1.29, 1.82) is 0 Å². The van der Waals surface area contributed by atoms with E-state index in [1.807, 2.05) is 12.1 Å². The number of nitrogens with zero attached hydrogens (tertiary/aromatic N) is 4. The van der Waals surface area contributed by atoms with Crippen molar-refractivity contribution >= 4 is 27.6 Å². The fourth-order valence-corrected chi connectivity index (χ4v) is 3.10. The van der Waals surface area contributed by atoms with Crippen LogP contribution >= 0.6 is 15.9 Å². The largest absolute Gasteiger partial charge is 0.323 e. The molecule has 1 atom stereocenters. The van der Waals surface area contributed by atoms with Crippen molar-refractivity contribution in [3.05, 3.63) is 75.8 Å². The van der Waals surface area contributed by atoms with Crippen LogP contribution in [-0.4, -0.2) is 20.2 Å². The number of anilines is 1. The number of halogens is 1. The molecule has 1 aromatic heterocycles. The average molecular weight is 382 g/mol. The monoisotopic (exact) mass is 381 g/mol. The van der Waals surface area contributed by atoms with Crippen molar-refractivity contribution < 1.29 is 0 Å². The summed E-state index contributed by atoms with van der Waals surface area (Å²) in [5.41, 5.74) is 4.61. The lowest BCUT2D eigenvalue weighted by atomic mass is 10.0. The Kier molecular flexibility index (Phi) is 3.90. The van der Waals surface area contributed by atoms with Crippen LogP contribution in [-0.2, 0) is 6.42 Å². The summed E-state index contributed by atoms with van der Waals surface area (Å²) in [6, 6.07) is 16.8. The highest BCUT2D eigenvalue weighted by atomic mass is 79.9. The standard InChI is InChI=1S/C18H16BrN5/c1-2-12-3-5-13(6-4-12)16-11-17(14-7-9-15(19)10-8-14)24-18(20-16)21-22-23-24/h3-11,17H,2H2,1H3,(H,20,21,23). The second-order valence-corrected chi connectivity index (χ2v) is 6.61. The summed E-state index contributed by atoms with van der Waals surface area (Å²) >= 11 is 3.48. The molecule has 1 N–H and O–H groups in total. The lowest BCUT2D eigenvalue weighted by Gasteiger charge is -2.23. The van der Waals surface area contributed by atoms with E-state index in [2.05, 4.69) is 86.2 Å². The van der Waals surface area contributed by atoms with Crippen molar-refractivity contribution in [3.8, 4) is 0 Å². The van der Waals surface area contributed by atoms with Crippen LogP contribution in [0, 0.1) is 0 Å². The Labute approximate surface area is 148 Å². The van der Waals surface area contributed by atoms with E-state index in [1.54, 1.807) is 4.68 Å². The summed E-state index contributed by atoms with van der Waals surface area (Å²) in [7, 11) is 0. The maximum Gasteiger partial charge on any atom is 0.248 e. The number of fused-ring (bicyclic) bond motifs is 1. The average Bonchev–Trinajstić information content (AvgIpc) is 3.10. The first-order valence-corrected chi connectivity index (χ1v) is 8.65. The van der Waals surface area contributed by atoms with Crippen LogP contribution in [0.3, 0.4) is 0 Å². The van der Waals surface area contributed by atoms with Gasteiger partial charge in [-0.2, -0.15) is 4.68 Å². The Bertz CT molecular complexity index is 881. The zero-order valence-corrected chi connectivity index (χ0v) is 14.7. The van der Waals surface area contributed by atoms with E-state index in [0.29, 0.717) is 5.95 Å². The van der Waals surface area contributed by atoms with Crippen LogP contribution in [0.1, 0.15) is 29.7 Å². The number of benzene rings is 2. The van der Waals surface area contributed by atoms with Gasteiger partial charge in [-0.15, -0.1) is 0 Å². The SMILES string of the molecule is CCc1ccc(C2=CC(c3ccc(Br)cc3)n3nnnc3N2)cc1. The summed E-state index contributed by atoms with van der Waals surface area (Å²) in [5.74, 6) is 0.653. The van der Waals surface area contributed by atoms with Gasteiger partial charge in [0.05, 0.1) is 0 Å². The minimum absolute atomic E-state index is 0.0369. The van der Waals surface area contributed by atoms with E-state index < -0.39 is 0 Å². The number of nitrogens with one attached hydrogen (secondary N) is 1. The van der Waals surface area contributed by atoms with Crippen molar-refractivity contribution in [2.24, 2.45) is 0 Å². The molecule has 0 amide bonds. The third kappa shape index (κ3) is 2.73. The Hall–Kier alpha value is -2.47. The Morgan fingerprint density at radius 3 is 2.54 bits per heavy atom. The Morgan fingerprint density at radius 2 is 1.83 bits per heavy atom. The van der Waals surface area contributed by atoms with Crippen LogP contribution in [0.25, 0.3) is 5.70 Å². The van der Waals surface area contributed by atoms with Crippen molar-refractivity contribution in [1.82, 2.24) is 20.2 Å². The van der Waals surface area contributed by atoms with Crippen LogP contribution in [0.15, 0.2) is 59.1 Å². The second kappa shape index (κ2) is 6.20. The molecule has 0 fully saturated rings. The number of allylic oxidation sites excluding steroid dienone is 1. The molecule has 4 rings (SSSR count). The molecule has 5 nitrogen and oxygen atoms in total. The molecule has 0 saturated carbocycles. The predicted molar refractivity (Wildman–Crippen MR) is 97.5 cm³/mol. The topological polar surface area (TPSA) is 55.6 Å². The fraction of sp³-hybridized carbons (Fsp3) is 0.167. The third-order valence-corrected chi connectivity index (χ3v) is 4.74. The lowest BCUT2D eigenvalue weighted by Crippen LogP contribution is -2.20. The molecule has 0 saturated heterocycles. The van der Waals surface area contributed by atoms with Gasteiger partial charge in [0.15, 0.2) is 0 Å². The number of rotatable bonds is 3. The summed E-state index contributed by atoms with van der Waals surface area (Å²) in [4.78, 5) is 0. The predicted octanol–water partition coefficient (Wildman–Crippen LogP) is 4.05. The number of aryl methyl sites for hydroxylation is 1. The van der Waals surface area contributed by atoms with E-state index in [-0.39, 0.29) is 6.04 Å². The minimum atomic E-state index is -0.0369. The van der Waals surface area contributed by atoms with Gasteiger partial charge in [-0.1, -0.05) is 64.4 Å². The second-order valence-electron chi connectivity index (χ2n) is 5.70. The van der Waals surface area contributed by atoms with Crippen LogP contribution in [0.2, 0.25) is 0 Å². The molecular weight excluding hydrogens is 366 g/mol. The molecule has 0 radical (unpaired) electrons. The first-order chi connectivity index (χ1) is 11.7. The summed E-state index contributed by atoms with van der Waals surface area (Å²) < 4.78 is 2.85. The highest BCUT2D eigenvalue weighted by Gasteiger charge is 2.24. The maximum absolute atomic E-state index is 4.13. The lowest BCUT2D eigenvalue weighted by molar-refractivity contribution is 0.586. The molecule has 0 spiro atoms. The molecule has 2 heterocycles. The number of aromatic nitrogens is 4. The quantitative estimate of drug-likeness (QED) is 0.743. The number of hydrogen-bond donors (Lipinski definition) is 1. The van der Waals surface area contributed by atoms with Gasteiger partial charge in [0, 0.05) is 10.2 Å². The summed E-state index contributed by atoms with van der Waals surface area (Å²) in [6.45, 7) is 2.16. The Balaban J connectivity index is 1.76. The van der Waals surface area contributed by atoms with Crippen LogP contribution < -0.4 is 5.32 Å². The molecule has 3 aromatic rings. The molecule has 6 heteroatoms. The van der Waals surface area contributed by atoms with Gasteiger partial charge in [-0.3, -0.25) is 0 Å². The normalized spacial score (nSPS) is 16.2. The maximum atomic E-state index is 4.13. The van der Waals surface area contributed by atoms with Crippen molar-refractivity contribution in [3.63, 3.8) is 0 Å². The molecule has 1 aliphatic rings. The molecule has 1 unspecified atom stereocenters. The summed E-state index contributed by atoms with van der Waals surface area (Å²) in [5, 5.41) is 15.4. The van der Waals surface area contributed by atoms with E-state index >= 15 is 0 Å². The first kappa shape index (κ1) is 15.1. The van der Waals surface area contributed by atoms with Gasteiger partial charge in [0.1, 0.15) is 6.04 Å². The molecular formula is C18H16BrN5. The molecule has 0 aliphatic carbocycles. The molecule has 2 aromatic carbocycles. The smallest absolute Gasteiger partial charge is 0.248 e. The van der Waals surface area contributed by atoms with E-state index in [0.717, 1.165) is 27.7 Å². The first-order valence-electron chi connectivity index (χ1n) is 7.86. The zero-order chi connectivity index (χ0) is 16.5. The van der Waals surface area contributed by atoms with Crippen molar-refractivity contribution in [2.75, 3.05) is 5.32 Å². The van der Waals surface area contributed by atoms with E-state index in [4.69, 9.17) is 0 Å². The van der Waals surface area contributed by atoms with Crippen LogP contribution in [0.5, 0.6) is 0 Å². The van der Waals surface area contributed by atoms with Crippen LogP contribution in [0.4, 0.5) is 5.95 Å². The molecule has 0 bridgehead atoms. The van der Waals surface area contributed by atoms with Gasteiger partial charge < -0.3 is 5.32 Å². The summed E-state index contributed by atoms with van der Waals surface area (Å²) in [6.07, 6.45) is 3.19. The van der Waals surface area contributed by atoms with Crippen molar-refractivity contribution in [2.45, 2.75) is 19.4 Å². The fourth-order valence-electron chi connectivity index (χ4n) is 2.84. The molecule has 24 heavy (non-hydrogen) atoms. The number of tetrazole rings is 1. The van der Waals surface area contributed by atoms with Gasteiger partial charge >= 0.3 is 0 Å².